The van der Waals surface area contributed by atoms with Gasteiger partial charge in [0.05, 0.1) is 18.9 Å². The minimum Gasteiger partial charge on any atom is -0.497 e. The third-order valence-electron chi connectivity index (χ3n) is 6.21. The Morgan fingerprint density at radius 2 is 1.91 bits per heavy atom. The predicted octanol–water partition coefficient (Wildman–Crippen LogP) is 4.72. The van der Waals surface area contributed by atoms with Gasteiger partial charge in [-0.25, -0.2) is 0 Å². The van der Waals surface area contributed by atoms with Gasteiger partial charge in [-0.05, 0) is 37.1 Å². The normalized spacial score (nSPS) is 14.9. The lowest BCUT2D eigenvalue weighted by atomic mass is 9.81. The van der Waals surface area contributed by atoms with E-state index in [9.17, 15) is 10.1 Å². The minimum absolute atomic E-state index is 0.0750. The summed E-state index contributed by atoms with van der Waals surface area (Å²) in [5, 5.41) is 19.3. The number of aromatic nitrogens is 3. The van der Waals surface area contributed by atoms with Gasteiger partial charge in [-0.1, -0.05) is 61.4 Å². The SMILES string of the molecule is COc1cccc(-c2nnc(SCC(=O)N(C)C3(C#N)CCCCC3)n2-c2ccccc2)c1. The van der Waals surface area contributed by atoms with Crippen molar-refractivity contribution in [2.24, 2.45) is 0 Å². The molecule has 8 heteroatoms. The zero-order valence-corrected chi connectivity index (χ0v) is 19.7. The summed E-state index contributed by atoms with van der Waals surface area (Å²) >= 11 is 1.33. The van der Waals surface area contributed by atoms with Crippen LogP contribution in [0.2, 0.25) is 0 Å². The van der Waals surface area contributed by atoms with Crippen molar-refractivity contribution >= 4 is 17.7 Å². The molecule has 0 spiro atoms. The number of hydrogen-bond acceptors (Lipinski definition) is 6. The molecule has 0 atom stereocenters. The second-order valence-corrected chi connectivity index (χ2v) is 9.10. The molecule has 7 nitrogen and oxygen atoms in total. The topological polar surface area (TPSA) is 84.0 Å². The van der Waals surface area contributed by atoms with Gasteiger partial charge in [0, 0.05) is 18.3 Å². The Kier molecular flexibility index (Phi) is 6.99. The lowest BCUT2D eigenvalue weighted by Gasteiger charge is -2.39. The Bertz CT molecular complexity index is 1150. The number of amides is 1. The molecule has 1 aromatic heterocycles. The van der Waals surface area contributed by atoms with Crippen molar-refractivity contribution in [3.8, 4) is 28.9 Å². The maximum atomic E-state index is 13.1. The van der Waals surface area contributed by atoms with E-state index < -0.39 is 5.54 Å². The smallest absolute Gasteiger partial charge is 0.234 e. The third-order valence-corrected chi connectivity index (χ3v) is 7.12. The van der Waals surface area contributed by atoms with E-state index in [0.29, 0.717) is 11.0 Å². The number of benzene rings is 2. The van der Waals surface area contributed by atoms with E-state index in [1.807, 2.05) is 59.2 Å². The third kappa shape index (κ3) is 4.74. The van der Waals surface area contributed by atoms with Gasteiger partial charge in [0.1, 0.15) is 11.3 Å². The van der Waals surface area contributed by atoms with Crippen molar-refractivity contribution in [1.82, 2.24) is 19.7 Å². The molecule has 0 radical (unpaired) electrons. The lowest BCUT2D eigenvalue weighted by Crippen LogP contribution is -2.50. The predicted molar refractivity (Wildman–Crippen MR) is 128 cm³/mol. The molecule has 1 amide bonds. The van der Waals surface area contributed by atoms with Gasteiger partial charge in [0.25, 0.3) is 0 Å². The number of carbonyl (C=O) groups excluding carboxylic acids is 1. The Morgan fingerprint density at radius 1 is 1.15 bits per heavy atom. The van der Waals surface area contributed by atoms with Gasteiger partial charge in [-0.2, -0.15) is 5.26 Å². The molecule has 1 saturated carbocycles. The zero-order valence-electron chi connectivity index (χ0n) is 18.9. The van der Waals surface area contributed by atoms with Crippen molar-refractivity contribution in [3.05, 3.63) is 54.6 Å². The van der Waals surface area contributed by atoms with Crippen LogP contribution in [-0.2, 0) is 4.79 Å². The van der Waals surface area contributed by atoms with E-state index in [4.69, 9.17) is 4.74 Å². The summed E-state index contributed by atoms with van der Waals surface area (Å²) in [4.78, 5) is 14.7. The standard InChI is InChI=1S/C25H27N5O2S/c1-29(25(18-26)14-7-4-8-15-25)22(31)17-33-24-28-27-23(19-10-9-13-21(16-19)32-2)30(24)20-11-5-3-6-12-20/h3,5-6,9-13,16H,4,7-8,14-15,17H2,1-2H3. The summed E-state index contributed by atoms with van der Waals surface area (Å²) in [5.74, 6) is 1.51. The molecular formula is C25H27N5O2S. The van der Waals surface area contributed by atoms with Gasteiger partial charge in [0.2, 0.25) is 5.91 Å². The molecule has 1 fully saturated rings. The van der Waals surface area contributed by atoms with E-state index in [-0.39, 0.29) is 11.7 Å². The molecule has 0 unspecified atom stereocenters. The van der Waals surface area contributed by atoms with Crippen LogP contribution in [0.5, 0.6) is 5.75 Å². The molecule has 0 aliphatic heterocycles. The number of nitriles is 1. The monoisotopic (exact) mass is 461 g/mol. The summed E-state index contributed by atoms with van der Waals surface area (Å²) in [6, 6.07) is 19.9. The van der Waals surface area contributed by atoms with Crippen molar-refractivity contribution < 1.29 is 9.53 Å². The molecule has 3 aromatic rings. The van der Waals surface area contributed by atoms with Crippen LogP contribution in [0.4, 0.5) is 0 Å². The van der Waals surface area contributed by atoms with Crippen LogP contribution in [-0.4, -0.2) is 51.0 Å². The summed E-state index contributed by atoms with van der Waals surface area (Å²) in [6.07, 6.45) is 4.54. The molecule has 1 heterocycles. The van der Waals surface area contributed by atoms with Crippen LogP contribution in [0.15, 0.2) is 59.8 Å². The fourth-order valence-electron chi connectivity index (χ4n) is 4.24. The first-order valence-electron chi connectivity index (χ1n) is 11.0. The molecule has 2 aromatic carbocycles. The maximum Gasteiger partial charge on any atom is 0.234 e. The first-order chi connectivity index (χ1) is 16.1. The fraction of sp³-hybridized carbons (Fsp3) is 0.360. The summed E-state index contributed by atoms with van der Waals surface area (Å²) in [6.45, 7) is 0. The molecule has 33 heavy (non-hydrogen) atoms. The number of methoxy groups -OCH3 is 1. The second-order valence-electron chi connectivity index (χ2n) is 8.15. The summed E-state index contributed by atoms with van der Waals surface area (Å²) in [5.41, 5.74) is 1.07. The zero-order chi connectivity index (χ0) is 23.3. The lowest BCUT2D eigenvalue weighted by molar-refractivity contribution is -0.131. The largest absolute Gasteiger partial charge is 0.497 e. The molecule has 4 rings (SSSR count). The highest BCUT2D eigenvalue weighted by atomic mass is 32.2. The summed E-state index contributed by atoms with van der Waals surface area (Å²) < 4.78 is 7.32. The number of carbonyl (C=O) groups is 1. The Labute approximate surface area is 198 Å². The van der Waals surface area contributed by atoms with E-state index in [1.165, 1.54) is 11.8 Å². The van der Waals surface area contributed by atoms with Crippen molar-refractivity contribution in [2.75, 3.05) is 19.9 Å². The molecular weight excluding hydrogens is 434 g/mol. The minimum atomic E-state index is -0.700. The average molecular weight is 462 g/mol. The number of ether oxygens (including phenoxy) is 1. The van der Waals surface area contributed by atoms with Crippen LogP contribution < -0.4 is 4.74 Å². The van der Waals surface area contributed by atoms with Crippen LogP contribution in [0.25, 0.3) is 17.1 Å². The second kappa shape index (κ2) is 10.1. The van der Waals surface area contributed by atoms with Gasteiger partial charge >= 0.3 is 0 Å². The molecule has 0 N–H and O–H groups in total. The number of nitrogens with zero attached hydrogens (tertiary/aromatic N) is 5. The van der Waals surface area contributed by atoms with Crippen LogP contribution in [0.1, 0.15) is 32.1 Å². The maximum absolute atomic E-state index is 13.1. The number of hydrogen-bond donors (Lipinski definition) is 0. The first kappa shape index (κ1) is 22.9. The highest BCUT2D eigenvalue weighted by Gasteiger charge is 2.38. The van der Waals surface area contributed by atoms with E-state index in [2.05, 4.69) is 16.3 Å². The average Bonchev–Trinajstić information content (AvgIpc) is 3.31. The molecule has 0 bridgehead atoms. The van der Waals surface area contributed by atoms with Gasteiger partial charge in [-0.3, -0.25) is 9.36 Å². The number of para-hydroxylation sites is 1. The van der Waals surface area contributed by atoms with Crippen LogP contribution >= 0.6 is 11.8 Å². The number of thioether (sulfide) groups is 1. The van der Waals surface area contributed by atoms with E-state index in [0.717, 1.165) is 49.1 Å². The highest BCUT2D eigenvalue weighted by molar-refractivity contribution is 7.99. The van der Waals surface area contributed by atoms with Gasteiger partial charge < -0.3 is 9.64 Å². The highest BCUT2D eigenvalue weighted by Crippen LogP contribution is 2.34. The van der Waals surface area contributed by atoms with Crippen molar-refractivity contribution in [1.29, 1.82) is 5.26 Å². The molecule has 170 valence electrons. The van der Waals surface area contributed by atoms with Gasteiger partial charge in [-0.15, -0.1) is 10.2 Å². The van der Waals surface area contributed by atoms with Crippen molar-refractivity contribution in [3.63, 3.8) is 0 Å². The quantitative estimate of drug-likeness (QED) is 0.474. The Hall–Kier alpha value is -3.31. The fourth-order valence-corrected chi connectivity index (χ4v) is 5.11. The van der Waals surface area contributed by atoms with Gasteiger partial charge in [0.15, 0.2) is 11.0 Å². The molecule has 1 aliphatic carbocycles. The molecule has 1 aliphatic rings. The number of rotatable bonds is 7. The Morgan fingerprint density at radius 3 is 2.61 bits per heavy atom. The van der Waals surface area contributed by atoms with Crippen molar-refractivity contribution in [2.45, 2.75) is 42.8 Å². The first-order valence-corrected chi connectivity index (χ1v) is 12.0. The van der Waals surface area contributed by atoms with Crippen LogP contribution in [0, 0.1) is 11.3 Å². The van der Waals surface area contributed by atoms with E-state index in [1.54, 1.807) is 19.1 Å². The van der Waals surface area contributed by atoms with Crippen LogP contribution in [0.3, 0.4) is 0 Å². The Balaban J connectivity index is 1.61. The molecule has 0 saturated heterocycles. The summed E-state index contributed by atoms with van der Waals surface area (Å²) in [7, 11) is 3.38. The van der Waals surface area contributed by atoms with E-state index >= 15 is 0 Å².